The van der Waals surface area contributed by atoms with Crippen LogP contribution in [0.25, 0.3) is 0 Å². The highest BCUT2D eigenvalue weighted by molar-refractivity contribution is 7.81. The Hall–Kier alpha value is -0.650. The number of carbonyl (C=O) groups is 1. The molecule has 0 saturated heterocycles. The Kier molecular flexibility index (Phi) is 4.68. The molecular weight excluding hydrogens is 376 g/mol. The average molecular weight is 407 g/mol. The van der Waals surface area contributed by atoms with Crippen molar-refractivity contribution >= 4 is 35.7 Å². The van der Waals surface area contributed by atoms with Crippen LogP contribution in [0.1, 0.15) is 58.8 Å². The van der Waals surface area contributed by atoms with Gasteiger partial charge in [-0.25, -0.2) is 0 Å². The predicted octanol–water partition coefficient (Wildman–Crippen LogP) is 4.60. The molecule has 27 heavy (non-hydrogen) atoms. The second-order valence-electron chi connectivity index (χ2n) is 9.67. The molecule has 4 aliphatic carbocycles. The Labute approximate surface area is 172 Å². The molecule has 0 radical (unpaired) electrons. The predicted molar refractivity (Wildman–Crippen MR) is 114 cm³/mol. The molecular formula is C22H30O3S2. The normalized spacial score (nSPS) is 48.4. The first-order valence-corrected chi connectivity index (χ1v) is 11.1. The molecule has 1 unspecified atom stereocenters. The van der Waals surface area contributed by atoms with Gasteiger partial charge in [-0.3, -0.25) is 4.79 Å². The third-order valence-electron chi connectivity index (χ3n) is 8.65. The molecule has 0 aromatic rings. The Morgan fingerprint density at radius 2 is 2.00 bits per heavy atom. The van der Waals surface area contributed by atoms with E-state index < -0.39 is 11.6 Å². The first kappa shape index (κ1) is 19.7. The Morgan fingerprint density at radius 3 is 2.70 bits per heavy atom. The fraction of sp³-hybridized carbons (Fsp3) is 0.727. The summed E-state index contributed by atoms with van der Waals surface area (Å²) in [4.78, 5) is 12.0. The zero-order valence-electron chi connectivity index (χ0n) is 16.1. The highest BCUT2D eigenvalue weighted by Crippen LogP contribution is 2.68. The van der Waals surface area contributed by atoms with Crippen LogP contribution in [0.2, 0.25) is 0 Å². The van der Waals surface area contributed by atoms with Gasteiger partial charge >= 0.3 is 5.97 Å². The van der Waals surface area contributed by atoms with Crippen molar-refractivity contribution in [2.75, 3.05) is 0 Å². The van der Waals surface area contributed by atoms with Crippen molar-refractivity contribution in [2.45, 2.75) is 69.6 Å². The number of thiol groups is 1. The molecule has 0 aromatic carbocycles. The lowest BCUT2D eigenvalue weighted by Crippen LogP contribution is -2.57. The van der Waals surface area contributed by atoms with E-state index in [1.165, 1.54) is 5.57 Å². The highest BCUT2D eigenvalue weighted by Gasteiger charge is 2.64. The van der Waals surface area contributed by atoms with Crippen LogP contribution in [0.5, 0.6) is 0 Å². The third kappa shape index (κ3) is 2.79. The van der Waals surface area contributed by atoms with E-state index in [2.05, 4.69) is 32.1 Å². The van der Waals surface area contributed by atoms with Crippen molar-refractivity contribution in [3.8, 4) is 0 Å². The second-order valence-corrected chi connectivity index (χ2v) is 10.8. The van der Waals surface area contributed by atoms with Crippen molar-refractivity contribution in [2.24, 2.45) is 28.6 Å². The number of rotatable bonds is 3. The largest absolute Gasteiger partial charge is 0.481 e. The van der Waals surface area contributed by atoms with Gasteiger partial charge in [0.1, 0.15) is 0 Å². The van der Waals surface area contributed by atoms with Gasteiger partial charge in [0, 0.05) is 22.0 Å². The van der Waals surface area contributed by atoms with Gasteiger partial charge in [-0.15, -0.1) is 0 Å². The van der Waals surface area contributed by atoms with Gasteiger partial charge in [-0.1, -0.05) is 37.7 Å². The number of hydrogen-bond donors (Lipinski definition) is 3. The first-order chi connectivity index (χ1) is 12.6. The number of carboxylic acids is 1. The average Bonchev–Trinajstić information content (AvgIpc) is 2.87. The standard InChI is InChI=1S/C22H30O3S2/c1-20-7-3-14(26)11-13(20)12-17(27)19-15(20)4-8-21(2)16(19)5-9-22(21,25)10-6-18(23)24/h3,7,11,15-17,19,25,27H,4-6,8-10,12H2,1-2H3,(H,23,24)/t15-,16-,17?,19+,20-,21-,22+/m0/s1. The monoisotopic (exact) mass is 406 g/mol. The van der Waals surface area contributed by atoms with Crippen LogP contribution < -0.4 is 0 Å². The Balaban J connectivity index is 1.67. The van der Waals surface area contributed by atoms with Crippen LogP contribution in [0.15, 0.2) is 23.8 Å². The van der Waals surface area contributed by atoms with Crippen molar-refractivity contribution in [1.82, 2.24) is 0 Å². The molecule has 3 fully saturated rings. The van der Waals surface area contributed by atoms with Gasteiger partial charge in [0.05, 0.1) is 5.60 Å². The SMILES string of the molecule is C[C@]12C=CC(=S)C=C1CC(S)[C@@H]1[C@@H]2CC[C@@]2(C)[C@H]1CC[C@@]2(O)CCC(=O)O. The molecule has 0 amide bonds. The maximum absolute atomic E-state index is 11.5. The number of aliphatic carboxylic acids is 1. The van der Waals surface area contributed by atoms with Crippen molar-refractivity contribution in [3.63, 3.8) is 0 Å². The van der Waals surface area contributed by atoms with Crippen molar-refractivity contribution in [1.29, 1.82) is 0 Å². The van der Waals surface area contributed by atoms with Crippen molar-refractivity contribution in [3.05, 3.63) is 23.8 Å². The summed E-state index contributed by atoms with van der Waals surface area (Å²) in [5.74, 6) is 0.543. The number of aliphatic hydroxyl groups is 1. The number of fused-ring (bicyclic) bond motifs is 5. The molecule has 0 bridgehead atoms. The Bertz CT molecular complexity index is 744. The maximum Gasteiger partial charge on any atom is 0.303 e. The van der Waals surface area contributed by atoms with Gasteiger partial charge in [0.2, 0.25) is 0 Å². The summed E-state index contributed by atoms with van der Waals surface area (Å²) in [7, 11) is 0. The number of hydrogen-bond acceptors (Lipinski definition) is 4. The minimum absolute atomic E-state index is 0.0370. The van der Waals surface area contributed by atoms with E-state index in [4.69, 9.17) is 30.0 Å². The zero-order chi connectivity index (χ0) is 19.6. The molecule has 0 heterocycles. The molecule has 0 spiro atoms. The summed E-state index contributed by atoms with van der Waals surface area (Å²) in [6.07, 6.45) is 11.6. The molecule has 3 nitrogen and oxygen atoms in total. The number of thiocarbonyl (C=S) groups is 1. The van der Waals surface area contributed by atoms with E-state index in [0.29, 0.717) is 30.6 Å². The van der Waals surface area contributed by atoms with Crippen LogP contribution in [0.3, 0.4) is 0 Å². The van der Waals surface area contributed by atoms with E-state index in [9.17, 15) is 9.90 Å². The topological polar surface area (TPSA) is 57.5 Å². The quantitative estimate of drug-likeness (QED) is 0.474. The zero-order valence-corrected chi connectivity index (χ0v) is 17.9. The lowest BCUT2D eigenvalue weighted by atomic mass is 9.47. The molecule has 5 heteroatoms. The molecule has 7 atom stereocenters. The summed E-state index contributed by atoms with van der Waals surface area (Å²) < 4.78 is 0. The van der Waals surface area contributed by atoms with Crippen LogP contribution in [0.4, 0.5) is 0 Å². The van der Waals surface area contributed by atoms with Gasteiger partial charge in [-0.05, 0) is 73.8 Å². The minimum atomic E-state index is -0.866. The maximum atomic E-state index is 11.5. The lowest BCUT2D eigenvalue weighted by Gasteiger charge is -2.60. The summed E-state index contributed by atoms with van der Waals surface area (Å²) in [5, 5.41) is 20.9. The first-order valence-electron chi connectivity index (χ1n) is 10.2. The minimum Gasteiger partial charge on any atom is -0.481 e. The van der Waals surface area contributed by atoms with Gasteiger partial charge in [-0.2, -0.15) is 12.6 Å². The molecule has 0 aliphatic heterocycles. The second kappa shape index (κ2) is 6.43. The lowest BCUT2D eigenvalue weighted by molar-refractivity contribution is -0.145. The van der Waals surface area contributed by atoms with Crippen LogP contribution in [-0.2, 0) is 4.79 Å². The number of carboxylic acid groups (broad SMARTS) is 1. The highest BCUT2D eigenvalue weighted by atomic mass is 32.1. The summed E-state index contributed by atoms with van der Waals surface area (Å²) >= 11 is 10.5. The van der Waals surface area contributed by atoms with E-state index in [-0.39, 0.29) is 22.5 Å². The van der Waals surface area contributed by atoms with Crippen LogP contribution >= 0.6 is 24.8 Å². The van der Waals surface area contributed by atoms with Crippen molar-refractivity contribution < 1.29 is 15.0 Å². The van der Waals surface area contributed by atoms with E-state index >= 15 is 0 Å². The summed E-state index contributed by atoms with van der Waals surface area (Å²) in [5.41, 5.74) is 0.375. The van der Waals surface area contributed by atoms with Crippen LogP contribution in [-0.4, -0.2) is 31.9 Å². The van der Waals surface area contributed by atoms with E-state index in [1.54, 1.807) is 0 Å². The summed E-state index contributed by atoms with van der Waals surface area (Å²) in [6, 6.07) is 0. The fourth-order valence-electron chi connectivity index (χ4n) is 7.01. The molecule has 4 aliphatic rings. The van der Waals surface area contributed by atoms with Gasteiger partial charge in [0.25, 0.3) is 0 Å². The Morgan fingerprint density at radius 1 is 1.30 bits per heavy atom. The van der Waals surface area contributed by atoms with Crippen LogP contribution in [0, 0.1) is 28.6 Å². The molecule has 148 valence electrons. The molecule has 2 N–H and O–H groups in total. The molecule has 4 rings (SSSR count). The van der Waals surface area contributed by atoms with Gasteiger partial charge in [0.15, 0.2) is 0 Å². The van der Waals surface area contributed by atoms with E-state index in [0.717, 1.165) is 30.5 Å². The third-order valence-corrected chi connectivity index (χ3v) is 9.43. The summed E-state index contributed by atoms with van der Waals surface area (Å²) in [6.45, 7) is 4.56. The molecule has 0 aromatic heterocycles. The fourth-order valence-corrected chi connectivity index (χ4v) is 7.83. The molecule has 3 saturated carbocycles. The van der Waals surface area contributed by atoms with E-state index in [1.807, 2.05) is 0 Å². The number of allylic oxidation sites excluding steroid dienone is 4. The van der Waals surface area contributed by atoms with Gasteiger partial charge < -0.3 is 10.2 Å². The smallest absolute Gasteiger partial charge is 0.303 e.